The van der Waals surface area contributed by atoms with Crippen LogP contribution in [-0.2, 0) is 16.3 Å². The molecule has 0 fully saturated rings. The van der Waals surface area contributed by atoms with Crippen molar-refractivity contribution < 1.29 is 0 Å². The summed E-state index contributed by atoms with van der Waals surface area (Å²) < 4.78 is 9.78. The molecule has 0 amide bonds. The van der Waals surface area contributed by atoms with Gasteiger partial charge in [-0.05, 0) is 23.1 Å². The van der Waals surface area contributed by atoms with E-state index < -0.39 is 9.87 Å². The van der Waals surface area contributed by atoms with E-state index in [-0.39, 0.29) is 0 Å². The molecule has 0 unspecified atom stereocenters. The van der Waals surface area contributed by atoms with Crippen LogP contribution < -0.4 is 0 Å². The normalized spacial score (nSPS) is 6.78. The molecule has 0 bridgehead atoms. The fraction of sp³-hybridized carbons (Fsp3) is 0.467. The summed E-state index contributed by atoms with van der Waals surface area (Å²) >= 11 is 4.53. The zero-order chi connectivity index (χ0) is 14.8. The van der Waals surface area contributed by atoms with Crippen LogP contribution in [0.15, 0.2) is 30.3 Å². The highest BCUT2D eigenvalue weighted by Crippen LogP contribution is 1.96. The van der Waals surface area contributed by atoms with Crippen LogP contribution in [0.3, 0.4) is 0 Å². The number of thiocarbonyl (C=S) groups is 1. The topological polar surface area (TPSA) is 23.9 Å². The molecule has 0 radical (unpaired) electrons. The van der Waals surface area contributed by atoms with Gasteiger partial charge in [-0.2, -0.15) is 0 Å². The lowest BCUT2D eigenvalue weighted by atomic mass is 10.2. The van der Waals surface area contributed by atoms with Crippen molar-refractivity contribution in [1.82, 2.24) is 0 Å². The van der Waals surface area contributed by atoms with E-state index in [1.165, 1.54) is 5.56 Å². The summed E-state index contributed by atoms with van der Waals surface area (Å²) in [6.45, 7) is 12.0. The van der Waals surface area contributed by atoms with Gasteiger partial charge >= 0.3 is 0 Å². The van der Waals surface area contributed by atoms with Gasteiger partial charge in [-0.25, -0.2) is 4.78 Å². The molecule has 0 aliphatic rings. The Morgan fingerprint density at radius 3 is 1.89 bits per heavy atom. The minimum atomic E-state index is -0.688. The molecule has 0 spiro atoms. The number of nitrogens with one attached hydrogen (secondary N) is 1. The van der Waals surface area contributed by atoms with Gasteiger partial charge in [0.2, 0.25) is 0 Å². The maximum atomic E-state index is 7.33. The van der Waals surface area contributed by atoms with Crippen LogP contribution in [0.25, 0.3) is 0 Å². The first-order valence-corrected chi connectivity index (χ1v) is 8.22. The van der Waals surface area contributed by atoms with E-state index in [4.69, 9.17) is 4.78 Å². The minimum absolute atomic E-state index is 0.688. The third-order valence-corrected chi connectivity index (χ3v) is 2.64. The van der Waals surface area contributed by atoms with Crippen molar-refractivity contribution in [2.24, 2.45) is 0 Å². The Hall–Kier alpha value is -0.890. The van der Waals surface area contributed by atoms with Gasteiger partial charge in [-0.15, -0.1) is 0 Å². The lowest BCUT2D eigenvalue weighted by Gasteiger charge is -1.91. The first-order valence-electron chi connectivity index (χ1n) is 6.52. The van der Waals surface area contributed by atoms with E-state index in [0.29, 0.717) is 0 Å². The summed E-state index contributed by atoms with van der Waals surface area (Å²) in [5, 5.41) is 1.86. The molecule has 0 saturated heterocycles. The van der Waals surface area contributed by atoms with Gasteiger partial charge in [-0.3, -0.25) is 0 Å². The number of benzene rings is 1. The maximum absolute atomic E-state index is 7.33. The van der Waals surface area contributed by atoms with Crippen molar-refractivity contribution in [3.05, 3.63) is 35.9 Å². The van der Waals surface area contributed by atoms with Crippen LogP contribution in [0.1, 0.15) is 47.1 Å². The average molecular weight is 286 g/mol. The third-order valence-electron chi connectivity index (χ3n) is 1.42. The SMILES string of the molecule is CC.CC.CC.N=S(=C=S)=CCc1ccccc1. The number of rotatable bonds is 2. The van der Waals surface area contributed by atoms with Gasteiger partial charge in [-0.1, -0.05) is 81.7 Å². The molecule has 0 aromatic heterocycles. The second-order valence-electron chi connectivity index (χ2n) is 2.28. The van der Waals surface area contributed by atoms with Crippen LogP contribution in [-0.4, -0.2) is 9.68 Å². The van der Waals surface area contributed by atoms with Gasteiger partial charge in [0.15, 0.2) is 0 Å². The monoisotopic (exact) mass is 285 g/mol. The molecule has 1 N–H and O–H groups in total. The van der Waals surface area contributed by atoms with E-state index in [1.54, 1.807) is 0 Å². The Morgan fingerprint density at radius 2 is 1.50 bits per heavy atom. The van der Waals surface area contributed by atoms with E-state index >= 15 is 0 Å². The molecule has 0 aliphatic heterocycles. The van der Waals surface area contributed by atoms with Gasteiger partial charge in [0, 0.05) is 10.7 Å². The first-order chi connectivity index (χ1) is 8.83. The molecule has 1 aromatic carbocycles. The van der Waals surface area contributed by atoms with Gasteiger partial charge in [0.1, 0.15) is 0 Å². The zero-order valence-electron chi connectivity index (χ0n) is 12.5. The van der Waals surface area contributed by atoms with E-state index in [0.717, 1.165) is 6.42 Å². The molecule has 1 nitrogen and oxygen atoms in total. The highest BCUT2D eigenvalue weighted by Gasteiger charge is 1.84. The summed E-state index contributed by atoms with van der Waals surface area (Å²) in [4.78, 5) is 0. The fourth-order valence-electron chi connectivity index (χ4n) is 0.828. The molecule has 0 heterocycles. The molecule has 0 atom stereocenters. The third kappa shape index (κ3) is 15.1. The van der Waals surface area contributed by atoms with Crippen LogP contribution >= 0.6 is 12.2 Å². The van der Waals surface area contributed by atoms with Crippen LogP contribution in [0, 0.1) is 4.78 Å². The molecule has 3 heteroatoms. The molecule has 104 valence electrons. The smallest absolute Gasteiger partial charge is 0.0252 e. The lowest BCUT2D eigenvalue weighted by molar-refractivity contribution is 1.38. The van der Waals surface area contributed by atoms with Crippen LogP contribution in [0.2, 0.25) is 0 Å². The second kappa shape index (κ2) is 21.4. The van der Waals surface area contributed by atoms with E-state index in [9.17, 15) is 0 Å². The molecule has 0 saturated carbocycles. The number of hydrogen-bond acceptors (Lipinski definition) is 2. The summed E-state index contributed by atoms with van der Waals surface area (Å²) in [6.07, 6.45) is 0.803. The predicted octanol–water partition coefficient (Wildman–Crippen LogP) is 5.32. The van der Waals surface area contributed by atoms with Crippen LogP contribution in [0.4, 0.5) is 0 Å². The van der Waals surface area contributed by atoms with Crippen molar-refractivity contribution in [1.29, 1.82) is 4.78 Å². The van der Waals surface area contributed by atoms with Gasteiger partial charge < -0.3 is 0 Å². The Bertz CT molecular complexity index is 401. The van der Waals surface area contributed by atoms with E-state index in [1.807, 2.05) is 77.2 Å². The Balaban J connectivity index is -0.000000328. The fourth-order valence-corrected chi connectivity index (χ4v) is 1.46. The summed E-state index contributed by atoms with van der Waals surface area (Å²) in [7, 11) is -0.688. The molecular formula is C15H27NS2. The standard InChI is InChI=1S/C9H9NS2.3C2H6/c10-12(8-11)7-6-9-4-2-1-3-5-9;3*1-2/h1-5,7,10H,6H2;3*1-2H3. The zero-order valence-corrected chi connectivity index (χ0v) is 14.1. The Kier molecular flexibility index (Phi) is 26.5. The lowest BCUT2D eigenvalue weighted by Crippen LogP contribution is -1.84. The van der Waals surface area contributed by atoms with E-state index in [2.05, 4.69) is 16.5 Å². The molecular weight excluding hydrogens is 258 g/mol. The van der Waals surface area contributed by atoms with Gasteiger partial charge in [0.05, 0.1) is 0 Å². The predicted molar refractivity (Wildman–Crippen MR) is 92.9 cm³/mol. The molecule has 1 rings (SSSR count). The van der Waals surface area contributed by atoms with Crippen LogP contribution in [0.5, 0.6) is 0 Å². The molecule has 18 heavy (non-hydrogen) atoms. The van der Waals surface area contributed by atoms with Gasteiger partial charge in [0.25, 0.3) is 0 Å². The summed E-state index contributed by atoms with van der Waals surface area (Å²) in [5.74, 6) is 0. The highest BCUT2D eigenvalue weighted by atomic mass is 32.2. The van der Waals surface area contributed by atoms with Crippen molar-refractivity contribution in [3.63, 3.8) is 0 Å². The Morgan fingerprint density at radius 1 is 1.06 bits per heavy atom. The molecule has 0 aliphatic carbocycles. The Labute approximate surface area is 120 Å². The summed E-state index contributed by atoms with van der Waals surface area (Å²) in [6, 6.07) is 10.0. The largest absolute Gasteiger partial charge is 0.248 e. The molecule has 1 aromatic rings. The quantitative estimate of drug-likeness (QED) is 0.730. The highest BCUT2D eigenvalue weighted by molar-refractivity contribution is 7.95. The maximum Gasteiger partial charge on any atom is 0.0252 e. The second-order valence-corrected chi connectivity index (χ2v) is 3.95. The number of hydrogen-bond donors (Lipinski definition) is 1. The van der Waals surface area contributed by atoms with Crippen molar-refractivity contribution in [3.8, 4) is 0 Å². The minimum Gasteiger partial charge on any atom is -0.248 e. The summed E-state index contributed by atoms with van der Waals surface area (Å²) in [5.41, 5.74) is 1.22. The van der Waals surface area contributed by atoms with Crippen molar-refractivity contribution in [2.75, 3.05) is 0 Å². The van der Waals surface area contributed by atoms with Crippen molar-refractivity contribution >= 4 is 31.8 Å². The van der Waals surface area contributed by atoms with Crippen molar-refractivity contribution in [2.45, 2.75) is 48.0 Å². The average Bonchev–Trinajstić information content (AvgIpc) is 2.52. The first kappa shape index (κ1) is 22.3.